The Hall–Kier alpha value is 0. The third-order valence-electron chi connectivity index (χ3n) is 6.10. The lowest BCUT2D eigenvalue weighted by molar-refractivity contribution is 0.131. The van der Waals surface area contributed by atoms with Crippen molar-refractivity contribution < 1.29 is 0 Å². The van der Waals surface area contributed by atoms with Crippen molar-refractivity contribution in [3.8, 4) is 0 Å². The minimum atomic E-state index is 0.751. The van der Waals surface area contributed by atoms with Gasteiger partial charge >= 0.3 is 0 Å². The molecule has 0 radical (unpaired) electrons. The van der Waals surface area contributed by atoms with Gasteiger partial charge in [-0.3, -0.25) is 0 Å². The van der Waals surface area contributed by atoms with E-state index in [1.807, 2.05) is 0 Å². The molecule has 0 aromatic rings. The lowest BCUT2D eigenvalue weighted by Gasteiger charge is -2.36. The smallest absolute Gasteiger partial charge is 0.0204 e. The first-order valence-corrected chi connectivity index (χ1v) is 6.49. The van der Waals surface area contributed by atoms with Crippen molar-refractivity contribution in [1.82, 2.24) is 0 Å². The third kappa shape index (κ3) is 0.907. The van der Waals surface area contributed by atoms with E-state index in [0.29, 0.717) is 0 Å². The highest BCUT2D eigenvalue weighted by Crippen LogP contribution is 2.80. The summed E-state index contributed by atoms with van der Waals surface area (Å²) < 4.78 is 0. The molecule has 6 atom stereocenters. The quantitative estimate of drug-likeness (QED) is 0.586. The summed E-state index contributed by atoms with van der Waals surface area (Å²) in [6, 6.07) is 0. The van der Waals surface area contributed by atoms with Crippen LogP contribution >= 0.6 is 0 Å². The molecule has 0 heteroatoms. The van der Waals surface area contributed by atoms with E-state index in [4.69, 9.17) is 0 Å². The van der Waals surface area contributed by atoms with E-state index in [0.717, 1.165) is 34.5 Å². The first kappa shape index (κ1) is 9.24. The molecule has 3 rings (SSSR count). The normalized spacial score (nSPS) is 66.0. The van der Waals surface area contributed by atoms with Gasteiger partial charge in [-0.1, -0.05) is 27.7 Å². The highest BCUT2D eigenvalue weighted by Gasteiger charge is 2.73. The van der Waals surface area contributed by atoms with Crippen LogP contribution in [0, 0.1) is 34.5 Å². The zero-order chi connectivity index (χ0) is 10.1. The van der Waals surface area contributed by atoms with Crippen LogP contribution in [-0.4, -0.2) is 0 Å². The van der Waals surface area contributed by atoms with Crippen LogP contribution in [0.4, 0.5) is 0 Å². The van der Waals surface area contributed by atoms with Crippen LogP contribution in [0.2, 0.25) is 0 Å². The maximum atomic E-state index is 2.57. The second-order valence-electron chi connectivity index (χ2n) is 7.01. The van der Waals surface area contributed by atoms with Gasteiger partial charge in [-0.15, -0.1) is 0 Å². The molecule has 6 unspecified atom stereocenters. The summed E-state index contributed by atoms with van der Waals surface area (Å²) in [6.07, 6.45) is 6.13. The van der Waals surface area contributed by atoms with E-state index < -0.39 is 0 Å². The first-order chi connectivity index (χ1) is 6.49. The lowest BCUT2D eigenvalue weighted by Crippen LogP contribution is -2.28. The van der Waals surface area contributed by atoms with Gasteiger partial charge in [-0.05, 0) is 60.2 Å². The predicted octanol–water partition coefficient (Wildman–Crippen LogP) is 4.10. The van der Waals surface area contributed by atoms with Crippen molar-refractivity contribution in [2.45, 2.75) is 53.4 Å². The standard InChI is InChI=1S/C14H24/c1-9-5-10(2)12-8-14(12,6-9)13(4)7-11(13)3/h9-12H,5-8H2,1-4H3. The largest absolute Gasteiger partial charge is 0.0625 e. The Morgan fingerprint density at radius 3 is 2.21 bits per heavy atom. The Labute approximate surface area is 88.5 Å². The molecule has 0 aromatic carbocycles. The fourth-order valence-electron chi connectivity index (χ4n) is 4.98. The van der Waals surface area contributed by atoms with Gasteiger partial charge in [0.15, 0.2) is 0 Å². The van der Waals surface area contributed by atoms with Crippen molar-refractivity contribution >= 4 is 0 Å². The summed E-state index contributed by atoms with van der Waals surface area (Å²) >= 11 is 0. The lowest BCUT2D eigenvalue weighted by atomic mass is 9.69. The summed E-state index contributed by atoms with van der Waals surface area (Å²) in [6.45, 7) is 10.0. The topological polar surface area (TPSA) is 0 Å². The molecule has 0 spiro atoms. The SMILES string of the molecule is CC1CC(C)C2CC2(C2(C)CC2C)C1. The molecule has 80 valence electrons. The molecular weight excluding hydrogens is 168 g/mol. The highest BCUT2D eigenvalue weighted by atomic mass is 14.8. The van der Waals surface area contributed by atoms with E-state index in [-0.39, 0.29) is 0 Å². The van der Waals surface area contributed by atoms with Gasteiger partial charge in [0, 0.05) is 0 Å². The molecule has 0 amide bonds. The van der Waals surface area contributed by atoms with E-state index in [1.165, 1.54) is 12.8 Å². The molecule has 14 heavy (non-hydrogen) atoms. The second-order valence-corrected chi connectivity index (χ2v) is 7.01. The maximum Gasteiger partial charge on any atom is -0.0204 e. The van der Waals surface area contributed by atoms with E-state index in [1.54, 1.807) is 12.8 Å². The molecule has 0 heterocycles. The van der Waals surface area contributed by atoms with Crippen LogP contribution in [0.1, 0.15) is 53.4 Å². The number of hydrogen-bond donors (Lipinski definition) is 0. The zero-order valence-corrected chi connectivity index (χ0v) is 10.1. The van der Waals surface area contributed by atoms with Gasteiger partial charge in [-0.2, -0.15) is 0 Å². The van der Waals surface area contributed by atoms with Crippen LogP contribution < -0.4 is 0 Å². The Bertz CT molecular complexity index is 269. The minimum Gasteiger partial charge on any atom is -0.0625 e. The van der Waals surface area contributed by atoms with Crippen LogP contribution in [0.15, 0.2) is 0 Å². The van der Waals surface area contributed by atoms with Crippen molar-refractivity contribution in [2.75, 3.05) is 0 Å². The number of hydrogen-bond acceptors (Lipinski definition) is 0. The van der Waals surface area contributed by atoms with E-state index in [9.17, 15) is 0 Å². The summed E-state index contributed by atoms with van der Waals surface area (Å²) in [5.41, 5.74) is 1.56. The first-order valence-electron chi connectivity index (χ1n) is 6.49. The van der Waals surface area contributed by atoms with Gasteiger partial charge in [0.05, 0.1) is 0 Å². The summed E-state index contributed by atoms with van der Waals surface area (Å²) in [7, 11) is 0. The molecule has 3 aliphatic carbocycles. The fourth-order valence-corrected chi connectivity index (χ4v) is 4.98. The average molecular weight is 192 g/mol. The van der Waals surface area contributed by atoms with Crippen LogP contribution in [0.3, 0.4) is 0 Å². The van der Waals surface area contributed by atoms with Gasteiger partial charge < -0.3 is 0 Å². The van der Waals surface area contributed by atoms with Crippen molar-refractivity contribution in [3.05, 3.63) is 0 Å². The Morgan fingerprint density at radius 2 is 1.64 bits per heavy atom. The molecular formula is C14H24. The van der Waals surface area contributed by atoms with E-state index in [2.05, 4.69) is 27.7 Å². The van der Waals surface area contributed by atoms with Crippen molar-refractivity contribution in [2.24, 2.45) is 34.5 Å². The van der Waals surface area contributed by atoms with Crippen LogP contribution in [0.5, 0.6) is 0 Å². The summed E-state index contributed by atoms with van der Waals surface area (Å²) in [5.74, 6) is 4.13. The third-order valence-corrected chi connectivity index (χ3v) is 6.10. The van der Waals surface area contributed by atoms with Crippen LogP contribution in [-0.2, 0) is 0 Å². The molecule has 3 saturated carbocycles. The maximum absolute atomic E-state index is 2.57. The van der Waals surface area contributed by atoms with Gasteiger partial charge in [0.1, 0.15) is 0 Å². The predicted molar refractivity (Wildman–Crippen MR) is 60.0 cm³/mol. The van der Waals surface area contributed by atoms with Crippen molar-refractivity contribution in [3.63, 3.8) is 0 Å². The molecule has 0 aliphatic heterocycles. The van der Waals surface area contributed by atoms with Crippen molar-refractivity contribution in [1.29, 1.82) is 0 Å². The number of rotatable bonds is 1. The summed E-state index contributed by atoms with van der Waals surface area (Å²) in [4.78, 5) is 0. The molecule has 0 bridgehead atoms. The molecule has 0 N–H and O–H groups in total. The Morgan fingerprint density at radius 1 is 1.00 bits per heavy atom. The molecule has 0 nitrogen and oxygen atoms in total. The van der Waals surface area contributed by atoms with Crippen LogP contribution in [0.25, 0.3) is 0 Å². The second kappa shape index (κ2) is 2.39. The van der Waals surface area contributed by atoms with Gasteiger partial charge in [0.25, 0.3) is 0 Å². The highest BCUT2D eigenvalue weighted by molar-refractivity contribution is 5.22. The monoisotopic (exact) mass is 192 g/mol. The Balaban J connectivity index is 1.86. The average Bonchev–Trinajstić information content (AvgIpc) is 2.91. The zero-order valence-electron chi connectivity index (χ0n) is 10.1. The molecule has 3 fully saturated rings. The van der Waals surface area contributed by atoms with Gasteiger partial charge in [0.2, 0.25) is 0 Å². The minimum absolute atomic E-state index is 0.751. The molecule has 0 saturated heterocycles. The molecule has 0 aromatic heterocycles. The fraction of sp³-hybridized carbons (Fsp3) is 1.00. The van der Waals surface area contributed by atoms with Gasteiger partial charge in [-0.25, -0.2) is 0 Å². The molecule has 3 aliphatic rings. The van der Waals surface area contributed by atoms with E-state index >= 15 is 0 Å². The number of fused-ring (bicyclic) bond motifs is 1. The summed E-state index contributed by atoms with van der Waals surface area (Å²) in [5, 5.41) is 0. The Kier molecular flexibility index (Phi) is 1.58.